The lowest BCUT2D eigenvalue weighted by Gasteiger charge is -2.12. The molecule has 0 unspecified atom stereocenters. The lowest BCUT2D eigenvalue weighted by atomic mass is 10.1. The molecule has 1 aromatic heterocycles. The van der Waals surface area contributed by atoms with E-state index in [-0.39, 0.29) is 18.9 Å². The van der Waals surface area contributed by atoms with Crippen molar-refractivity contribution in [1.82, 2.24) is 4.90 Å². The quantitative estimate of drug-likeness (QED) is 0.611. The van der Waals surface area contributed by atoms with E-state index in [4.69, 9.17) is 21.7 Å². The molecule has 1 aliphatic heterocycles. The highest BCUT2D eigenvalue weighted by Gasteiger charge is 2.32. The maximum atomic E-state index is 12.4. The first-order valence-corrected chi connectivity index (χ1v) is 9.22. The molecule has 26 heavy (non-hydrogen) atoms. The molecule has 0 radical (unpaired) electrons. The number of amides is 1. The van der Waals surface area contributed by atoms with Crippen LogP contribution in [-0.4, -0.2) is 32.7 Å². The van der Waals surface area contributed by atoms with Gasteiger partial charge in [0.25, 0.3) is 5.91 Å². The second-order valence-corrected chi connectivity index (χ2v) is 7.65. The number of carboxylic acid groups (broad SMARTS) is 1. The molecule has 2 heterocycles. The van der Waals surface area contributed by atoms with Crippen LogP contribution >= 0.6 is 24.0 Å². The summed E-state index contributed by atoms with van der Waals surface area (Å²) in [5.74, 6) is 0.0233. The number of carbonyl (C=O) groups is 2. The Hall–Kier alpha value is -2.38. The van der Waals surface area contributed by atoms with E-state index in [1.807, 2.05) is 25.1 Å². The Morgan fingerprint density at radius 2 is 2.04 bits per heavy atom. The first kappa shape index (κ1) is 18.4. The molecule has 0 aliphatic carbocycles. The van der Waals surface area contributed by atoms with Crippen molar-refractivity contribution in [2.24, 2.45) is 0 Å². The van der Waals surface area contributed by atoms with Crippen molar-refractivity contribution in [3.63, 3.8) is 0 Å². The van der Waals surface area contributed by atoms with Gasteiger partial charge in [-0.25, -0.2) is 0 Å². The van der Waals surface area contributed by atoms with E-state index in [0.717, 1.165) is 23.1 Å². The molecule has 1 fully saturated rings. The molecule has 0 bridgehead atoms. The van der Waals surface area contributed by atoms with Crippen LogP contribution in [0.3, 0.4) is 0 Å². The summed E-state index contributed by atoms with van der Waals surface area (Å²) in [6.45, 7) is 4.17. The van der Waals surface area contributed by atoms with Gasteiger partial charge in [0.15, 0.2) is 0 Å². The third-order valence-corrected chi connectivity index (χ3v) is 5.49. The van der Waals surface area contributed by atoms with E-state index < -0.39 is 5.97 Å². The van der Waals surface area contributed by atoms with Crippen molar-refractivity contribution in [2.45, 2.75) is 20.3 Å². The number of hydrogen-bond donors (Lipinski definition) is 1. The summed E-state index contributed by atoms with van der Waals surface area (Å²) in [6.07, 6.45) is 1.50. The van der Waals surface area contributed by atoms with E-state index >= 15 is 0 Å². The van der Waals surface area contributed by atoms with E-state index in [2.05, 4.69) is 13.0 Å². The highest BCUT2D eigenvalue weighted by atomic mass is 32.2. The predicted molar refractivity (Wildman–Crippen MR) is 106 cm³/mol. The second kappa shape index (κ2) is 7.47. The molecule has 2 aromatic rings. The number of nitrogens with zero attached hydrogens (tertiary/aromatic N) is 1. The fraction of sp³-hybridized carbons (Fsp3) is 0.211. The second-order valence-electron chi connectivity index (χ2n) is 5.98. The lowest BCUT2D eigenvalue weighted by Crippen LogP contribution is -2.30. The Labute approximate surface area is 160 Å². The monoisotopic (exact) mass is 387 g/mol. The molecule has 7 heteroatoms. The zero-order chi connectivity index (χ0) is 18.8. The average molecular weight is 387 g/mol. The molecule has 1 saturated heterocycles. The van der Waals surface area contributed by atoms with Crippen LogP contribution in [0.25, 0.3) is 17.4 Å². The fourth-order valence-electron chi connectivity index (χ4n) is 2.51. The molecule has 1 amide bonds. The van der Waals surface area contributed by atoms with Crippen LogP contribution in [0.4, 0.5) is 0 Å². The minimum absolute atomic E-state index is 0.0728. The van der Waals surface area contributed by atoms with Crippen LogP contribution in [0.15, 0.2) is 39.7 Å². The standard InChI is InChI=1S/C19H17NO4S2/c1-11-3-4-13(9-12(11)2)15-6-5-14(24-15)10-16-18(23)20(19(25)26-16)8-7-17(21)22/h3-6,9-10H,7-8H2,1-2H3,(H,21,22)/b16-10-. The molecule has 0 saturated carbocycles. The Bertz CT molecular complexity index is 929. The SMILES string of the molecule is Cc1ccc(-c2ccc(/C=C3\SC(=S)N(CCC(=O)O)C3=O)o2)cc1C. The zero-order valence-corrected chi connectivity index (χ0v) is 15.9. The van der Waals surface area contributed by atoms with Crippen LogP contribution in [0, 0.1) is 13.8 Å². The Kier molecular flexibility index (Phi) is 5.29. The maximum absolute atomic E-state index is 12.4. The largest absolute Gasteiger partial charge is 0.481 e. The minimum Gasteiger partial charge on any atom is -0.481 e. The van der Waals surface area contributed by atoms with Crippen molar-refractivity contribution in [3.8, 4) is 11.3 Å². The number of rotatable bonds is 5. The van der Waals surface area contributed by atoms with Gasteiger partial charge in [0.05, 0.1) is 11.3 Å². The van der Waals surface area contributed by atoms with Gasteiger partial charge in [0.2, 0.25) is 0 Å². The number of furan rings is 1. The summed E-state index contributed by atoms with van der Waals surface area (Å²) in [5.41, 5.74) is 3.37. The summed E-state index contributed by atoms with van der Waals surface area (Å²) in [5, 5.41) is 8.78. The van der Waals surface area contributed by atoms with E-state index in [9.17, 15) is 9.59 Å². The third kappa shape index (κ3) is 3.89. The molecule has 1 aromatic carbocycles. The van der Waals surface area contributed by atoms with Crippen LogP contribution in [-0.2, 0) is 9.59 Å². The molecule has 5 nitrogen and oxygen atoms in total. The maximum Gasteiger partial charge on any atom is 0.305 e. The Morgan fingerprint density at radius 1 is 1.27 bits per heavy atom. The highest BCUT2D eigenvalue weighted by molar-refractivity contribution is 8.26. The van der Waals surface area contributed by atoms with Gasteiger partial charge in [-0.2, -0.15) is 0 Å². The van der Waals surface area contributed by atoms with Gasteiger partial charge in [-0.15, -0.1) is 0 Å². The van der Waals surface area contributed by atoms with E-state index in [1.165, 1.54) is 16.0 Å². The smallest absolute Gasteiger partial charge is 0.305 e. The average Bonchev–Trinajstić information content (AvgIpc) is 3.14. The molecule has 134 valence electrons. The first-order chi connectivity index (χ1) is 12.3. The van der Waals surface area contributed by atoms with Crippen molar-refractivity contribution < 1.29 is 19.1 Å². The number of thiocarbonyl (C=S) groups is 1. The summed E-state index contributed by atoms with van der Waals surface area (Å²) in [6, 6.07) is 9.76. The number of thioether (sulfide) groups is 1. The van der Waals surface area contributed by atoms with Gasteiger partial charge in [-0.05, 0) is 43.2 Å². The summed E-state index contributed by atoms with van der Waals surface area (Å²) < 4.78 is 6.21. The van der Waals surface area contributed by atoms with Gasteiger partial charge < -0.3 is 9.52 Å². The molecular weight excluding hydrogens is 370 g/mol. The number of carboxylic acids is 1. The molecule has 0 spiro atoms. The first-order valence-electron chi connectivity index (χ1n) is 8.00. The van der Waals surface area contributed by atoms with Crippen molar-refractivity contribution in [2.75, 3.05) is 6.54 Å². The molecule has 1 aliphatic rings. The number of hydrogen-bond acceptors (Lipinski definition) is 5. The van der Waals surface area contributed by atoms with Gasteiger partial charge in [-0.3, -0.25) is 14.5 Å². The lowest BCUT2D eigenvalue weighted by molar-refractivity contribution is -0.137. The van der Waals surface area contributed by atoms with Gasteiger partial charge in [-0.1, -0.05) is 36.1 Å². The van der Waals surface area contributed by atoms with Gasteiger partial charge >= 0.3 is 5.97 Å². The number of aliphatic carboxylic acids is 1. The van der Waals surface area contributed by atoms with Crippen molar-refractivity contribution >= 4 is 46.3 Å². The number of aryl methyl sites for hydroxylation is 2. The van der Waals surface area contributed by atoms with E-state index in [1.54, 1.807) is 12.1 Å². The van der Waals surface area contributed by atoms with Crippen molar-refractivity contribution in [3.05, 3.63) is 52.1 Å². The fourth-order valence-corrected chi connectivity index (χ4v) is 3.80. The van der Waals surface area contributed by atoms with E-state index in [0.29, 0.717) is 15.0 Å². The highest BCUT2D eigenvalue weighted by Crippen LogP contribution is 2.33. The Balaban J connectivity index is 1.79. The minimum atomic E-state index is -0.966. The van der Waals surface area contributed by atoms with Gasteiger partial charge in [0.1, 0.15) is 15.8 Å². The van der Waals surface area contributed by atoms with Crippen LogP contribution in [0.2, 0.25) is 0 Å². The third-order valence-electron chi connectivity index (χ3n) is 4.11. The predicted octanol–water partition coefficient (Wildman–Crippen LogP) is 4.24. The molecule has 0 atom stereocenters. The van der Waals surface area contributed by atoms with Crippen LogP contribution < -0.4 is 0 Å². The zero-order valence-electron chi connectivity index (χ0n) is 14.3. The Morgan fingerprint density at radius 3 is 2.73 bits per heavy atom. The molecular formula is C19H17NO4S2. The summed E-state index contributed by atoms with van der Waals surface area (Å²) in [7, 11) is 0. The van der Waals surface area contributed by atoms with Crippen LogP contribution in [0.5, 0.6) is 0 Å². The topological polar surface area (TPSA) is 70.8 Å². The van der Waals surface area contributed by atoms with Gasteiger partial charge in [0, 0.05) is 18.2 Å². The van der Waals surface area contributed by atoms with Crippen molar-refractivity contribution in [1.29, 1.82) is 0 Å². The number of carbonyl (C=O) groups excluding carboxylic acids is 1. The molecule has 1 N–H and O–H groups in total. The number of benzene rings is 1. The van der Waals surface area contributed by atoms with Crippen LogP contribution in [0.1, 0.15) is 23.3 Å². The summed E-state index contributed by atoms with van der Waals surface area (Å²) >= 11 is 6.33. The summed E-state index contributed by atoms with van der Waals surface area (Å²) in [4.78, 5) is 24.9. The molecule has 3 rings (SSSR count). The normalized spacial score (nSPS) is 15.9.